The highest BCUT2D eigenvalue weighted by Crippen LogP contribution is 2.17. The molecule has 0 fully saturated rings. The van der Waals surface area contributed by atoms with Crippen molar-refractivity contribution in [1.82, 2.24) is 10.2 Å². The largest absolute Gasteiger partial charge is 0.481 e. The minimum absolute atomic E-state index is 0.135. The van der Waals surface area contributed by atoms with Crippen molar-refractivity contribution in [2.24, 2.45) is 5.92 Å². The number of carboxylic acid groups (broad SMARTS) is 1. The SMILES string of the molecule is CC(Cc1ccc(F)c(Br)c1)NC(=O)N(C)CC(C)C(=O)O. The molecule has 0 spiro atoms. The maximum Gasteiger partial charge on any atom is 0.317 e. The van der Waals surface area contributed by atoms with Crippen molar-refractivity contribution in [3.05, 3.63) is 34.1 Å². The van der Waals surface area contributed by atoms with Gasteiger partial charge in [-0.2, -0.15) is 0 Å². The Bertz CT molecular complexity index is 554. The number of aliphatic carboxylic acids is 1. The zero-order valence-corrected chi connectivity index (χ0v) is 14.4. The minimum Gasteiger partial charge on any atom is -0.481 e. The molecule has 22 heavy (non-hydrogen) atoms. The maximum atomic E-state index is 13.2. The van der Waals surface area contributed by atoms with Crippen molar-refractivity contribution < 1.29 is 19.1 Å². The molecule has 122 valence electrons. The molecule has 0 saturated carbocycles. The Morgan fingerprint density at radius 2 is 2.05 bits per heavy atom. The Hall–Kier alpha value is -1.63. The van der Waals surface area contributed by atoms with E-state index in [-0.39, 0.29) is 24.4 Å². The average Bonchev–Trinajstić information content (AvgIpc) is 2.42. The van der Waals surface area contributed by atoms with Gasteiger partial charge in [0.1, 0.15) is 5.82 Å². The van der Waals surface area contributed by atoms with Gasteiger partial charge in [0.25, 0.3) is 0 Å². The number of halogens is 2. The van der Waals surface area contributed by atoms with Gasteiger partial charge in [-0.3, -0.25) is 4.79 Å². The summed E-state index contributed by atoms with van der Waals surface area (Å²) >= 11 is 3.12. The van der Waals surface area contributed by atoms with Crippen LogP contribution in [0.5, 0.6) is 0 Å². The third-order valence-electron chi connectivity index (χ3n) is 3.21. The van der Waals surface area contributed by atoms with E-state index in [2.05, 4.69) is 21.2 Å². The summed E-state index contributed by atoms with van der Waals surface area (Å²) in [6.07, 6.45) is 0.549. The zero-order valence-electron chi connectivity index (χ0n) is 12.8. The highest BCUT2D eigenvalue weighted by molar-refractivity contribution is 9.10. The number of carbonyl (C=O) groups excluding carboxylic acids is 1. The van der Waals surface area contributed by atoms with E-state index < -0.39 is 11.9 Å². The van der Waals surface area contributed by atoms with Gasteiger partial charge in [-0.1, -0.05) is 13.0 Å². The van der Waals surface area contributed by atoms with Crippen LogP contribution in [0.25, 0.3) is 0 Å². The van der Waals surface area contributed by atoms with Gasteiger partial charge in [0, 0.05) is 19.6 Å². The Morgan fingerprint density at radius 1 is 1.41 bits per heavy atom. The summed E-state index contributed by atoms with van der Waals surface area (Å²) in [5.74, 6) is -1.90. The van der Waals surface area contributed by atoms with Gasteiger partial charge >= 0.3 is 12.0 Å². The molecule has 2 unspecified atom stereocenters. The van der Waals surface area contributed by atoms with Crippen LogP contribution in [0, 0.1) is 11.7 Å². The molecule has 1 rings (SSSR count). The standard InChI is InChI=1S/C15H20BrFN2O3/c1-9(14(20)21)8-19(3)15(22)18-10(2)6-11-4-5-13(17)12(16)7-11/h4-5,7,9-10H,6,8H2,1-3H3,(H,18,22)(H,20,21). The van der Waals surface area contributed by atoms with E-state index in [1.165, 1.54) is 11.0 Å². The molecule has 0 aliphatic rings. The molecule has 0 aliphatic heterocycles. The molecule has 0 aromatic heterocycles. The summed E-state index contributed by atoms with van der Waals surface area (Å²) in [4.78, 5) is 24.1. The lowest BCUT2D eigenvalue weighted by atomic mass is 10.1. The number of carbonyl (C=O) groups is 2. The predicted octanol–water partition coefficient (Wildman–Crippen LogP) is 2.88. The second kappa shape index (κ2) is 8.12. The summed E-state index contributed by atoms with van der Waals surface area (Å²) < 4.78 is 13.6. The second-order valence-corrected chi connectivity index (χ2v) is 6.28. The number of carboxylic acids is 1. The summed E-state index contributed by atoms with van der Waals surface area (Å²) in [6, 6.07) is 4.22. The van der Waals surface area contributed by atoms with E-state index in [9.17, 15) is 14.0 Å². The van der Waals surface area contributed by atoms with Crippen molar-refractivity contribution in [2.75, 3.05) is 13.6 Å². The smallest absolute Gasteiger partial charge is 0.317 e. The van der Waals surface area contributed by atoms with Crippen molar-refractivity contribution in [3.63, 3.8) is 0 Å². The first kappa shape index (κ1) is 18.4. The molecule has 5 nitrogen and oxygen atoms in total. The average molecular weight is 375 g/mol. The van der Waals surface area contributed by atoms with Crippen molar-refractivity contribution >= 4 is 27.9 Å². The third kappa shape index (κ3) is 5.63. The number of benzene rings is 1. The lowest BCUT2D eigenvalue weighted by Gasteiger charge is -2.23. The molecule has 0 bridgehead atoms. The van der Waals surface area contributed by atoms with Crippen molar-refractivity contribution in [1.29, 1.82) is 0 Å². The predicted molar refractivity (Wildman–Crippen MR) is 85.2 cm³/mol. The molecule has 2 amide bonds. The molecule has 0 radical (unpaired) electrons. The van der Waals surface area contributed by atoms with Crippen LogP contribution in [0.4, 0.5) is 9.18 Å². The van der Waals surface area contributed by atoms with Gasteiger partial charge in [-0.25, -0.2) is 9.18 Å². The monoisotopic (exact) mass is 374 g/mol. The molecule has 2 atom stereocenters. The summed E-state index contributed by atoms with van der Waals surface area (Å²) in [5, 5.41) is 11.6. The number of amides is 2. The second-order valence-electron chi connectivity index (χ2n) is 5.42. The van der Waals surface area contributed by atoms with E-state index in [1.807, 2.05) is 6.92 Å². The van der Waals surface area contributed by atoms with Gasteiger partial charge in [0.05, 0.1) is 10.4 Å². The molecular formula is C15H20BrFN2O3. The summed E-state index contributed by atoms with van der Waals surface area (Å²) in [5.41, 5.74) is 0.891. The highest BCUT2D eigenvalue weighted by Gasteiger charge is 2.18. The first-order valence-electron chi connectivity index (χ1n) is 6.89. The molecule has 1 aromatic carbocycles. The number of nitrogens with zero attached hydrogens (tertiary/aromatic N) is 1. The van der Waals surface area contributed by atoms with Crippen LogP contribution in [0.3, 0.4) is 0 Å². The molecule has 7 heteroatoms. The third-order valence-corrected chi connectivity index (χ3v) is 3.82. The fraction of sp³-hybridized carbons (Fsp3) is 0.467. The van der Waals surface area contributed by atoms with E-state index >= 15 is 0 Å². The molecule has 1 aromatic rings. The first-order valence-corrected chi connectivity index (χ1v) is 7.68. The Balaban J connectivity index is 2.53. The minimum atomic E-state index is -0.941. The first-order chi connectivity index (χ1) is 10.2. The number of hydrogen-bond acceptors (Lipinski definition) is 2. The van der Waals surface area contributed by atoms with E-state index in [4.69, 9.17) is 5.11 Å². The summed E-state index contributed by atoms with van der Waals surface area (Å²) in [6.45, 7) is 3.52. The van der Waals surface area contributed by atoms with E-state index in [0.717, 1.165) is 5.56 Å². The lowest BCUT2D eigenvalue weighted by molar-refractivity contribution is -0.141. The lowest BCUT2D eigenvalue weighted by Crippen LogP contribution is -2.44. The number of rotatable bonds is 6. The summed E-state index contributed by atoms with van der Waals surface area (Å²) in [7, 11) is 1.55. The zero-order chi connectivity index (χ0) is 16.9. The Labute approximate surface area is 137 Å². The quantitative estimate of drug-likeness (QED) is 0.804. The van der Waals surface area contributed by atoms with Crippen LogP contribution in [-0.4, -0.2) is 41.6 Å². The normalized spacial score (nSPS) is 13.3. The van der Waals surface area contributed by atoms with Crippen molar-refractivity contribution in [2.45, 2.75) is 26.3 Å². The van der Waals surface area contributed by atoms with Gasteiger partial charge in [0.15, 0.2) is 0 Å². The Kier molecular flexibility index (Phi) is 6.80. The van der Waals surface area contributed by atoms with Crippen LogP contribution >= 0.6 is 15.9 Å². The molecule has 0 heterocycles. The van der Waals surface area contributed by atoms with Crippen LogP contribution in [-0.2, 0) is 11.2 Å². The molecular weight excluding hydrogens is 355 g/mol. The molecule has 0 aliphatic carbocycles. The van der Waals surface area contributed by atoms with Gasteiger partial charge in [0.2, 0.25) is 0 Å². The van der Waals surface area contributed by atoms with E-state index in [0.29, 0.717) is 10.9 Å². The van der Waals surface area contributed by atoms with E-state index in [1.54, 1.807) is 26.1 Å². The van der Waals surface area contributed by atoms with Gasteiger partial charge in [-0.05, 0) is 47.0 Å². The highest BCUT2D eigenvalue weighted by atomic mass is 79.9. The maximum absolute atomic E-state index is 13.2. The van der Waals surface area contributed by atoms with Gasteiger partial charge in [-0.15, -0.1) is 0 Å². The fourth-order valence-electron chi connectivity index (χ4n) is 1.96. The number of urea groups is 1. The van der Waals surface area contributed by atoms with Crippen LogP contribution in [0.15, 0.2) is 22.7 Å². The van der Waals surface area contributed by atoms with Gasteiger partial charge < -0.3 is 15.3 Å². The van der Waals surface area contributed by atoms with Crippen LogP contribution in [0.2, 0.25) is 0 Å². The van der Waals surface area contributed by atoms with Crippen LogP contribution in [0.1, 0.15) is 19.4 Å². The Morgan fingerprint density at radius 3 is 2.59 bits per heavy atom. The number of nitrogens with one attached hydrogen (secondary N) is 1. The fourth-order valence-corrected chi connectivity index (χ4v) is 2.39. The van der Waals surface area contributed by atoms with Crippen molar-refractivity contribution in [3.8, 4) is 0 Å². The van der Waals surface area contributed by atoms with Crippen LogP contribution < -0.4 is 5.32 Å². The topological polar surface area (TPSA) is 69.6 Å². The molecule has 0 saturated heterocycles. The molecule has 2 N–H and O–H groups in total. The number of hydrogen-bond donors (Lipinski definition) is 2.